The number of methoxy groups -OCH3 is 2. The lowest BCUT2D eigenvalue weighted by atomic mass is 9.80. The molecule has 0 bridgehead atoms. The van der Waals surface area contributed by atoms with Crippen LogP contribution in [0.1, 0.15) is 6.42 Å². The van der Waals surface area contributed by atoms with Crippen LogP contribution >= 0.6 is 11.8 Å². The molecule has 1 aliphatic carbocycles. The predicted octanol–water partition coefficient (Wildman–Crippen LogP) is -0.0681. The van der Waals surface area contributed by atoms with Crippen LogP contribution in [0.25, 0.3) is 11.0 Å². The van der Waals surface area contributed by atoms with Crippen LogP contribution in [0.3, 0.4) is 0 Å². The summed E-state index contributed by atoms with van der Waals surface area (Å²) < 4.78 is 15.8. The number of ether oxygens (including phenoxy) is 2. The van der Waals surface area contributed by atoms with Crippen LogP contribution < -0.4 is 26.1 Å². The molecule has 166 valence electrons. The standard InChI is InChI=1S/C20H22N2O8S/c1-28-12-5-3-9-7-10(17(25)30-14(9)15(12)29-2)22-18(26)20(21)8-19(27)13(31-20)6-4-11(23)16(19)24/h3-7,11,13,16,23-24,27H,8,21H2,1-2H3,(H,22,26)/t11-,13-,16+,19+,20?/m1/s1. The maximum Gasteiger partial charge on any atom is 0.360 e. The molecule has 4 rings (SSSR count). The summed E-state index contributed by atoms with van der Waals surface area (Å²) in [4.78, 5) is 23.8. The first-order valence-corrected chi connectivity index (χ1v) is 10.2. The predicted molar refractivity (Wildman–Crippen MR) is 113 cm³/mol. The smallest absolute Gasteiger partial charge is 0.360 e. The average Bonchev–Trinajstić information content (AvgIpc) is 3.03. The van der Waals surface area contributed by atoms with Crippen LogP contribution in [-0.4, -0.2) is 63.4 Å². The zero-order valence-corrected chi connectivity index (χ0v) is 17.5. The Balaban J connectivity index is 1.64. The zero-order valence-electron chi connectivity index (χ0n) is 16.7. The fourth-order valence-corrected chi connectivity index (χ4v) is 5.45. The molecule has 1 amide bonds. The lowest BCUT2D eigenvalue weighted by Gasteiger charge is -2.37. The van der Waals surface area contributed by atoms with E-state index in [0.717, 1.165) is 11.8 Å². The van der Waals surface area contributed by atoms with E-state index in [2.05, 4.69) is 5.32 Å². The maximum absolute atomic E-state index is 13.0. The molecule has 0 spiro atoms. The molecule has 5 atom stereocenters. The van der Waals surface area contributed by atoms with E-state index in [1.807, 2.05) is 0 Å². The van der Waals surface area contributed by atoms with Gasteiger partial charge in [0, 0.05) is 11.8 Å². The van der Waals surface area contributed by atoms with Gasteiger partial charge in [0.1, 0.15) is 28.4 Å². The van der Waals surface area contributed by atoms with Crippen molar-refractivity contribution in [2.24, 2.45) is 5.73 Å². The lowest BCUT2D eigenvalue weighted by Crippen LogP contribution is -2.57. The van der Waals surface area contributed by atoms with E-state index >= 15 is 0 Å². The number of fused-ring (bicyclic) bond motifs is 2. The quantitative estimate of drug-likeness (QED) is 0.315. The lowest BCUT2D eigenvalue weighted by molar-refractivity contribution is -0.129. The summed E-state index contributed by atoms with van der Waals surface area (Å²) in [6, 6.07) is 4.69. The molecule has 2 aliphatic rings. The van der Waals surface area contributed by atoms with Gasteiger partial charge in [0.25, 0.3) is 5.91 Å². The molecule has 2 heterocycles. The second-order valence-corrected chi connectivity index (χ2v) is 9.01. The van der Waals surface area contributed by atoms with Gasteiger partial charge in [-0.25, -0.2) is 4.79 Å². The van der Waals surface area contributed by atoms with Crippen molar-refractivity contribution in [3.63, 3.8) is 0 Å². The summed E-state index contributed by atoms with van der Waals surface area (Å²) in [6.07, 6.45) is -0.241. The van der Waals surface area contributed by atoms with Gasteiger partial charge in [0.2, 0.25) is 5.75 Å². The highest BCUT2D eigenvalue weighted by Gasteiger charge is 2.61. The van der Waals surface area contributed by atoms with Crippen molar-refractivity contribution in [3.8, 4) is 11.5 Å². The third-order valence-corrected chi connectivity index (χ3v) is 7.14. The molecule has 1 aromatic carbocycles. The number of benzene rings is 1. The van der Waals surface area contributed by atoms with Crippen LogP contribution in [0.15, 0.2) is 39.6 Å². The van der Waals surface area contributed by atoms with E-state index in [9.17, 15) is 24.9 Å². The molecule has 0 radical (unpaired) electrons. The van der Waals surface area contributed by atoms with Crippen molar-refractivity contribution in [3.05, 3.63) is 40.8 Å². The Hall–Kier alpha value is -2.57. The largest absolute Gasteiger partial charge is 0.493 e. The Labute approximate surface area is 180 Å². The van der Waals surface area contributed by atoms with Gasteiger partial charge in [-0.15, -0.1) is 11.8 Å². The first-order chi connectivity index (χ1) is 14.6. The maximum atomic E-state index is 13.0. The normalized spacial score (nSPS) is 32.0. The summed E-state index contributed by atoms with van der Waals surface area (Å²) in [5.74, 6) is -0.132. The minimum absolute atomic E-state index is 0.145. The van der Waals surface area contributed by atoms with Crippen molar-refractivity contribution < 1.29 is 34.0 Å². The van der Waals surface area contributed by atoms with Crippen molar-refractivity contribution in [2.45, 2.75) is 34.4 Å². The van der Waals surface area contributed by atoms with Gasteiger partial charge in [-0.3, -0.25) is 4.79 Å². The van der Waals surface area contributed by atoms with Crippen LogP contribution in [-0.2, 0) is 4.79 Å². The van der Waals surface area contributed by atoms with E-state index in [1.54, 1.807) is 12.1 Å². The van der Waals surface area contributed by atoms with Gasteiger partial charge < -0.3 is 40.3 Å². The number of carbonyl (C=O) groups excluding carboxylic acids is 1. The van der Waals surface area contributed by atoms with Gasteiger partial charge in [-0.2, -0.15) is 0 Å². The number of amides is 1. The van der Waals surface area contributed by atoms with Gasteiger partial charge in [0.05, 0.1) is 19.5 Å². The van der Waals surface area contributed by atoms with Crippen molar-refractivity contribution in [1.29, 1.82) is 0 Å². The zero-order chi connectivity index (χ0) is 22.6. The highest BCUT2D eigenvalue weighted by molar-refractivity contribution is 8.02. The van der Waals surface area contributed by atoms with E-state index in [-0.39, 0.29) is 23.4 Å². The molecule has 10 nitrogen and oxygen atoms in total. The van der Waals surface area contributed by atoms with Crippen LogP contribution in [0, 0.1) is 0 Å². The number of nitrogens with two attached hydrogens (primary N) is 1. The number of thioether (sulfide) groups is 1. The first kappa shape index (κ1) is 21.7. The summed E-state index contributed by atoms with van der Waals surface area (Å²) in [6.45, 7) is 0. The fourth-order valence-electron chi connectivity index (χ4n) is 3.93. The molecule has 2 aromatic rings. The number of aliphatic hydroxyl groups excluding tert-OH is 2. The van der Waals surface area contributed by atoms with E-state index in [0.29, 0.717) is 11.1 Å². The molecular formula is C20H22N2O8S. The number of nitrogens with one attached hydrogen (secondary N) is 1. The fraction of sp³-hybridized carbons (Fsp3) is 0.400. The SMILES string of the molecule is COc1ccc2cc(NC(=O)C3(N)C[C@]4(O)[C@@H](C=C[C@@H](O)[C@@H]4O)S3)c(=O)oc2c1OC. The van der Waals surface area contributed by atoms with Crippen LogP contribution in [0.4, 0.5) is 5.69 Å². The number of rotatable bonds is 4. The van der Waals surface area contributed by atoms with Gasteiger partial charge in [-0.1, -0.05) is 12.2 Å². The molecule has 6 N–H and O–H groups in total. The highest BCUT2D eigenvalue weighted by Crippen LogP contribution is 2.51. The minimum Gasteiger partial charge on any atom is -0.493 e. The Morgan fingerprint density at radius 2 is 2.03 bits per heavy atom. The molecule has 1 aliphatic heterocycles. The van der Waals surface area contributed by atoms with E-state index in [4.69, 9.17) is 19.6 Å². The number of hydrogen-bond acceptors (Lipinski definition) is 10. The molecule has 1 unspecified atom stereocenters. The summed E-state index contributed by atoms with van der Waals surface area (Å²) >= 11 is 0.938. The topological polar surface area (TPSA) is 164 Å². The molecule has 31 heavy (non-hydrogen) atoms. The minimum atomic E-state index is -1.79. The highest BCUT2D eigenvalue weighted by atomic mass is 32.2. The van der Waals surface area contributed by atoms with Gasteiger partial charge in [-0.05, 0) is 18.2 Å². The van der Waals surface area contributed by atoms with Crippen molar-refractivity contribution in [1.82, 2.24) is 0 Å². The van der Waals surface area contributed by atoms with E-state index < -0.39 is 39.5 Å². The summed E-state index contributed by atoms with van der Waals surface area (Å²) in [7, 11) is 2.86. The Morgan fingerprint density at radius 3 is 2.71 bits per heavy atom. The van der Waals surface area contributed by atoms with Gasteiger partial charge >= 0.3 is 5.63 Å². The van der Waals surface area contributed by atoms with Crippen molar-refractivity contribution >= 4 is 34.3 Å². The molecule has 1 saturated heterocycles. The second kappa shape index (κ2) is 7.53. The molecule has 1 fully saturated rings. The summed E-state index contributed by atoms with van der Waals surface area (Å²) in [5.41, 5.74) is 3.64. The first-order valence-electron chi connectivity index (χ1n) is 9.37. The molecule has 0 saturated carbocycles. The summed E-state index contributed by atoms with van der Waals surface area (Å²) in [5, 5.41) is 33.1. The van der Waals surface area contributed by atoms with Crippen LogP contribution in [0.5, 0.6) is 11.5 Å². The number of anilines is 1. The Kier molecular flexibility index (Phi) is 5.26. The average molecular weight is 450 g/mol. The number of hydrogen-bond donors (Lipinski definition) is 5. The third kappa shape index (κ3) is 3.38. The van der Waals surface area contributed by atoms with E-state index in [1.165, 1.54) is 32.4 Å². The monoisotopic (exact) mass is 450 g/mol. The second-order valence-electron chi connectivity index (χ2n) is 7.54. The van der Waals surface area contributed by atoms with Gasteiger partial charge in [0.15, 0.2) is 11.3 Å². The Bertz CT molecular complexity index is 1130. The molecular weight excluding hydrogens is 428 g/mol. The molecule has 1 aromatic heterocycles. The third-order valence-electron chi connectivity index (χ3n) is 5.57. The van der Waals surface area contributed by atoms with Crippen LogP contribution in [0.2, 0.25) is 0 Å². The number of aliphatic hydroxyl groups is 3. The molecule has 11 heteroatoms. The van der Waals surface area contributed by atoms with Crippen molar-refractivity contribution in [2.75, 3.05) is 19.5 Å². The number of carbonyl (C=O) groups is 1. The Morgan fingerprint density at radius 1 is 1.29 bits per heavy atom.